The third-order valence-corrected chi connectivity index (χ3v) is 3.55. The number of hydrogen-bond acceptors (Lipinski definition) is 6. The molecule has 7 nitrogen and oxygen atoms in total. The van der Waals surface area contributed by atoms with E-state index in [1.165, 1.54) is 0 Å². The van der Waals surface area contributed by atoms with E-state index in [-0.39, 0.29) is 5.69 Å². The quantitative estimate of drug-likeness (QED) is 0.784. The molecule has 23 heavy (non-hydrogen) atoms. The van der Waals surface area contributed by atoms with Crippen LogP contribution in [0.3, 0.4) is 0 Å². The molecule has 0 aliphatic carbocycles. The minimum Gasteiger partial charge on any atom is -0.492 e. The van der Waals surface area contributed by atoms with Gasteiger partial charge >= 0.3 is 0 Å². The predicted octanol–water partition coefficient (Wildman–Crippen LogP) is 1.55. The van der Waals surface area contributed by atoms with Gasteiger partial charge in [-0.1, -0.05) is 5.21 Å². The van der Waals surface area contributed by atoms with E-state index in [1.807, 2.05) is 31.2 Å². The first-order chi connectivity index (χ1) is 11.1. The Morgan fingerprint density at radius 3 is 2.87 bits per heavy atom. The number of aryl methyl sites for hydroxylation is 2. The van der Waals surface area contributed by atoms with Crippen molar-refractivity contribution in [2.75, 3.05) is 13.2 Å². The number of hydrogen-bond donors (Lipinski definition) is 1. The normalized spacial score (nSPS) is 10.7. The topological polar surface area (TPSA) is 103 Å². The van der Waals surface area contributed by atoms with Gasteiger partial charge in [-0.2, -0.15) is 5.26 Å². The average molecular weight is 308 g/mol. The first kappa shape index (κ1) is 14.9. The van der Waals surface area contributed by atoms with E-state index in [4.69, 9.17) is 10.5 Å². The highest BCUT2D eigenvalue weighted by atomic mass is 16.5. The van der Waals surface area contributed by atoms with Crippen molar-refractivity contribution in [3.8, 4) is 23.1 Å². The molecule has 1 aromatic carbocycles. The van der Waals surface area contributed by atoms with Gasteiger partial charge in [0.1, 0.15) is 23.9 Å². The summed E-state index contributed by atoms with van der Waals surface area (Å²) in [6, 6.07) is 9.74. The first-order valence-corrected chi connectivity index (χ1v) is 7.18. The molecule has 0 bridgehead atoms. The Bertz CT molecular complexity index is 909. The minimum atomic E-state index is 0.270. The van der Waals surface area contributed by atoms with Gasteiger partial charge in [-0.05, 0) is 36.8 Å². The van der Waals surface area contributed by atoms with E-state index in [1.54, 1.807) is 11.7 Å². The van der Waals surface area contributed by atoms with Gasteiger partial charge < -0.3 is 10.5 Å². The van der Waals surface area contributed by atoms with Crippen LogP contribution in [-0.2, 0) is 7.05 Å². The second-order valence-electron chi connectivity index (χ2n) is 5.17. The Balaban J connectivity index is 2.08. The van der Waals surface area contributed by atoms with Crippen LogP contribution in [0.2, 0.25) is 0 Å². The lowest BCUT2D eigenvalue weighted by Gasteiger charge is -2.10. The number of nitrogens with two attached hydrogens (primary N) is 1. The zero-order valence-electron chi connectivity index (χ0n) is 12.9. The Labute approximate surface area is 133 Å². The molecule has 7 heteroatoms. The fourth-order valence-corrected chi connectivity index (χ4v) is 2.40. The summed E-state index contributed by atoms with van der Waals surface area (Å²) in [7, 11) is 1.79. The molecule has 0 radical (unpaired) electrons. The van der Waals surface area contributed by atoms with Crippen LogP contribution < -0.4 is 10.5 Å². The second-order valence-corrected chi connectivity index (χ2v) is 5.17. The number of rotatable bonds is 4. The Morgan fingerprint density at radius 2 is 2.17 bits per heavy atom. The van der Waals surface area contributed by atoms with E-state index in [9.17, 15) is 5.26 Å². The molecule has 0 atom stereocenters. The highest BCUT2D eigenvalue weighted by Crippen LogP contribution is 2.27. The summed E-state index contributed by atoms with van der Waals surface area (Å²) in [5, 5.41) is 17.2. The molecule has 3 rings (SSSR count). The van der Waals surface area contributed by atoms with Crippen LogP contribution in [0.1, 0.15) is 11.3 Å². The third-order valence-electron chi connectivity index (χ3n) is 3.55. The maximum atomic E-state index is 9.29. The van der Waals surface area contributed by atoms with Crippen LogP contribution >= 0.6 is 0 Å². The molecule has 0 aliphatic rings. The maximum absolute atomic E-state index is 9.29. The summed E-state index contributed by atoms with van der Waals surface area (Å²) >= 11 is 0. The lowest BCUT2D eigenvalue weighted by atomic mass is 10.1. The van der Waals surface area contributed by atoms with Gasteiger partial charge in [-0.15, -0.1) is 5.10 Å². The molecule has 0 saturated carbocycles. The molecular weight excluding hydrogens is 292 g/mol. The SMILES string of the molecule is Cc1cc(-c2cc3c(nnn3C)c(C#N)n2)ccc1OCCN. The van der Waals surface area contributed by atoms with Crippen molar-refractivity contribution in [2.24, 2.45) is 12.8 Å². The summed E-state index contributed by atoms with van der Waals surface area (Å²) in [6.45, 7) is 2.91. The number of fused-ring (bicyclic) bond motifs is 1. The largest absolute Gasteiger partial charge is 0.492 e. The van der Waals surface area contributed by atoms with Crippen LogP contribution in [-0.4, -0.2) is 33.1 Å². The molecule has 116 valence electrons. The summed E-state index contributed by atoms with van der Waals surface area (Å²) in [5.74, 6) is 0.794. The zero-order valence-corrected chi connectivity index (χ0v) is 12.9. The highest BCUT2D eigenvalue weighted by molar-refractivity contribution is 5.83. The van der Waals surface area contributed by atoms with Gasteiger partial charge in [-0.25, -0.2) is 9.67 Å². The summed E-state index contributed by atoms with van der Waals surface area (Å²) < 4.78 is 7.21. The molecule has 2 heterocycles. The van der Waals surface area contributed by atoms with E-state index >= 15 is 0 Å². The number of ether oxygens (including phenoxy) is 1. The van der Waals surface area contributed by atoms with Gasteiger partial charge in [0.15, 0.2) is 5.69 Å². The van der Waals surface area contributed by atoms with Gasteiger partial charge in [-0.3, -0.25) is 0 Å². The summed E-state index contributed by atoms with van der Waals surface area (Å²) in [4.78, 5) is 4.40. The fraction of sp³-hybridized carbons (Fsp3) is 0.250. The van der Waals surface area contributed by atoms with Crippen LogP contribution in [0.4, 0.5) is 0 Å². The van der Waals surface area contributed by atoms with Crippen LogP contribution in [0, 0.1) is 18.3 Å². The zero-order chi connectivity index (χ0) is 16.4. The summed E-state index contributed by atoms with van der Waals surface area (Å²) in [6.07, 6.45) is 0. The molecular formula is C16H16N6O. The number of benzene rings is 1. The Hall–Kier alpha value is -2.98. The van der Waals surface area contributed by atoms with Crippen molar-refractivity contribution in [3.05, 3.63) is 35.5 Å². The predicted molar refractivity (Wildman–Crippen MR) is 85.7 cm³/mol. The Kier molecular flexibility index (Phi) is 3.91. The number of aromatic nitrogens is 4. The molecule has 0 fully saturated rings. The molecule has 0 spiro atoms. The number of nitrogens with zero attached hydrogens (tertiary/aromatic N) is 5. The summed E-state index contributed by atoms with van der Waals surface area (Å²) in [5.41, 5.74) is 9.60. The van der Waals surface area contributed by atoms with E-state index < -0.39 is 0 Å². The van der Waals surface area contributed by atoms with Crippen LogP contribution in [0.15, 0.2) is 24.3 Å². The van der Waals surface area contributed by atoms with Crippen molar-refractivity contribution in [1.29, 1.82) is 5.26 Å². The standard InChI is InChI=1S/C16H16N6O/c1-10-7-11(3-4-15(10)23-6-5-17)12-8-14-16(13(9-18)19-12)20-21-22(14)2/h3-4,7-8H,5-6,17H2,1-2H3. The minimum absolute atomic E-state index is 0.270. The molecule has 0 amide bonds. The maximum Gasteiger partial charge on any atom is 0.170 e. The molecule has 2 N–H and O–H groups in total. The van der Waals surface area contributed by atoms with Gasteiger partial charge in [0.05, 0.1) is 11.2 Å². The molecule has 0 unspecified atom stereocenters. The van der Waals surface area contributed by atoms with Crippen molar-refractivity contribution in [1.82, 2.24) is 20.0 Å². The van der Waals surface area contributed by atoms with Gasteiger partial charge in [0, 0.05) is 19.2 Å². The molecule has 0 saturated heterocycles. The molecule has 3 aromatic rings. The third kappa shape index (κ3) is 2.72. The van der Waals surface area contributed by atoms with E-state index in [2.05, 4.69) is 21.4 Å². The van der Waals surface area contributed by atoms with Crippen LogP contribution in [0.25, 0.3) is 22.3 Å². The van der Waals surface area contributed by atoms with Crippen molar-refractivity contribution in [3.63, 3.8) is 0 Å². The first-order valence-electron chi connectivity index (χ1n) is 7.18. The lowest BCUT2D eigenvalue weighted by molar-refractivity contribution is 0.326. The van der Waals surface area contributed by atoms with Crippen molar-refractivity contribution in [2.45, 2.75) is 6.92 Å². The highest BCUT2D eigenvalue weighted by Gasteiger charge is 2.13. The Morgan fingerprint density at radius 1 is 1.35 bits per heavy atom. The monoisotopic (exact) mass is 308 g/mol. The lowest BCUT2D eigenvalue weighted by Crippen LogP contribution is -2.11. The number of nitriles is 1. The van der Waals surface area contributed by atoms with Gasteiger partial charge in [0.25, 0.3) is 0 Å². The van der Waals surface area contributed by atoms with Crippen molar-refractivity contribution < 1.29 is 4.74 Å². The number of pyridine rings is 1. The fourth-order valence-electron chi connectivity index (χ4n) is 2.40. The molecule has 2 aromatic heterocycles. The van der Waals surface area contributed by atoms with Crippen molar-refractivity contribution >= 4 is 11.0 Å². The smallest absolute Gasteiger partial charge is 0.170 e. The average Bonchev–Trinajstić information content (AvgIpc) is 2.94. The van der Waals surface area contributed by atoms with Gasteiger partial charge in [0.2, 0.25) is 0 Å². The molecule has 0 aliphatic heterocycles. The van der Waals surface area contributed by atoms with E-state index in [0.717, 1.165) is 22.4 Å². The van der Waals surface area contributed by atoms with Crippen LogP contribution in [0.5, 0.6) is 5.75 Å². The second kappa shape index (κ2) is 6.02. The van der Waals surface area contributed by atoms with E-state index in [0.29, 0.717) is 24.4 Å².